The number of carbonyl (C=O) groups excluding carboxylic acids is 2. The molecule has 0 aromatic heterocycles. The zero-order chi connectivity index (χ0) is 36.4. The Kier molecular flexibility index (Phi) is 12.9. The fourth-order valence-corrected chi connectivity index (χ4v) is 8.69. The van der Waals surface area contributed by atoms with Crippen LogP contribution < -0.4 is 10.6 Å². The second-order valence-corrected chi connectivity index (χ2v) is 16.0. The predicted octanol–water partition coefficient (Wildman–Crippen LogP) is 8.16. The number of carbonyl (C=O) groups is 2. The highest BCUT2D eigenvalue weighted by Gasteiger charge is 2.45. The number of hydrogen-bond acceptors (Lipinski definition) is 6. The van der Waals surface area contributed by atoms with E-state index in [0.29, 0.717) is 26.1 Å². The quantitative estimate of drug-likeness (QED) is 0.115. The first-order valence-corrected chi connectivity index (χ1v) is 19.0. The van der Waals surface area contributed by atoms with Crippen molar-refractivity contribution in [3.63, 3.8) is 0 Å². The molecule has 0 unspecified atom stereocenters. The van der Waals surface area contributed by atoms with E-state index in [1.807, 2.05) is 67.8 Å². The third-order valence-corrected chi connectivity index (χ3v) is 11.3. The molecule has 0 radical (unpaired) electrons. The smallest absolute Gasteiger partial charge is 0.410 e. The fraction of sp³-hybridized carbons (Fsp3) is 0.395. The lowest BCUT2D eigenvalue weighted by atomic mass is 9.84. The Labute approximate surface area is 308 Å². The molecule has 2 amide bonds. The first-order chi connectivity index (χ1) is 24.5. The van der Waals surface area contributed by atoms with E-state index in [-0.39, 0.29) is 35.0 Å². The monoisotopic (exact) mass is 707 g/mol. The lowest BCUT2D eigenvalue weighted by Gasteiger charge is -2.37. The number of amides is 2. The van der Waals surface area contributed by atoms with E-state index < -0.39 is 16.4 Å². The van der Waals surface area contributed by atoms with Gasteiger partial charge in [-0.25, -0.2) is 4.79 Å². The molecule has 1 fully saturated rings. The van der Waals surface area contributed by atoms with Gasteiger partial charge in [0.2, 0.25) is 5.91 Å². The maximum Gasteiger partial charge on any atom is 0.410 e. The number of phenolic OH excluding ortho intramolecular Hbond substituents is 1. The Morgan fingerprint density at radius 1 is 0.863 bits per heavy atom. The van der Waals surface area contributed by atoms with Gasteiger partial charge in [0.25, 0.3) is 0 Å². The average Bonchev–Trinajstić information content (AvgIpc) is 3.54. The standard InChI is InChI=1S/C43H53N3O4S/c1-6-31(2)39(40(48)44-27-26-32-22-24-37(47)25-23-32)45-29-36-28-38(30-46(36)41(49)50-42(3,4)5)51-43(33-16-10-7-11-17-33,34-18-12-8-13-19-34)35-20-14-9-15-21-35/h7-25,31,36,38-39,45,47H,6,26-30H2,1-5H3,(H,44,48)/t31-,36+,38+,39-/m0/s1. The van der Waals surface area contributed by atoms with Crippen LogP contribution in [0.3, 0.4) is 0 Å². The predicted molar refractivity (Wildman–Crippen MR) is 208 cm³/mol. The van der Waals surface area contributed by atoms with Gasteiger partial charge in [-0.2, -0.15) is 0 Å². The van der Waals surface area contributed by atoms with E-state index in [1.165, 1.54) is 16.7 Å². The number of rotatable bonds is 14. The van der Waals surface area contributed by atoms with Crippen LogP contribution in [0.4, 0.5) is 4.79 Å². The van der Waals surface area contributed by atoms with Crippen molar-refractivity contribution in [2.45, 2.75) is 81.6 Å². The van der Waals surface area contributed by atoms with Gasteiger partial charge in [-0.05, 0) is 73.9 Å². The topological polar surface area (TPSA) is 90.9 Å². The Hall–Kier alpha value is -4.27. The molecule has 1 heterocycles. The minimum atomic E-state index is -0.640. The van der Waals surface area contributed by atoms with Crippen molar-refractivity contribution in [1.82, 2.24) is 15.5 Å². The summed E-state index contributed by atoms with van der Waals surface area (Å²) in [6, 6.07) is 38.4. The van der Waals surface area contributed by atoms with E-state index >= 15 is 0 Å². The van der Waals surface area contributed by atoms with Gasteiger partial charge >= 0.3 is 6.09 Å². The highest BCUT2D eigenvalue weighted by atomic mass is 32.2. The molecule has 270 valence electrons. The van der Waals surface area contributed by atoms with Crippen molar-refractivity contribution in [1.29, 1.82) is 0 Å². The fourth-order valence-electron chi connectivity index (χ4n) is 6.82. The van der Waals surface area contributed by atoms with E-state index in [0.717, 1.165) is 18.4 Å². The minimum absolute atomic E-state index is 0.0490. The first-order valence-electron chi connectivity index (χ1n) is 18.1. The molecule has 3 N–H and O–H groups in total. The minimum Gasteiger partial charge on any atom is -0.508 e. The van der Waals surface area contributed by atoms with Crippen LogP contribution in [0, 0.1) is 5.92 Å². The summed E-state index contributed by atoms with van der Waals surface area (Å²) in [7, 11) is 0. The van der Waals surface area contributed by atoms with Crippen molar-refractivity contribution in [2.75, 3.05) is 19.6 Å². The maximum absolute atomic E-state index is 13.8. The lowest BCUT2D eigenvalue weighted by Crippen LogP contribution is -2.52. The third-order valence-electron chi connectivity index (χ3n) is 9.61. The molecular formula is C43H53N3O4S. The van der Waals surface area contributed by atoms with Gasteiger partial charge < -0.3 is 25.4 Å². The summed E-state index contributed by atoms with van der Waals surface area (Å²) >= 11 is 1.89. The molecular weight excluding hydrogens is 655 g/mol. The molecule has 1 aliphatic rings. The largest absolute Gasteiger partial charge is 0.508 e. The average molecular weight is 708 g/mol. The van der Waals surface area contributed by atoms with E-state index in [9.17, 15) is 14.7 Å². The van der Waals surface area contributed by atoms with Gasteiger partial charge in [0.05, 0.1) is 10.8 Å². The van der Waals surface area contributed by atoms with Crippen LogP contribution in [0.2, 0.25) is 0 Å². The maximum atomic E-state index is 13.8. The third kappa shape index (κ3) is 9.75. The molecule has 4 atom stereocenters. The molecule has 4 aromatic carbocycles. The van der Waals surface area contributed by atoms with E-state index in [1.54, 1.807) is 12.1 Å². The molecule has 8 heteroatoms. The summed E-state index contributed by atoms with van der Waals surface area (Å²) in [4.78, 5) is 29.3. The number of thioether (sulfide) groups is 1. The SMILES string of the molecule is CC[C@H](C)[C@H](NC[C@H]1C[C@@H](SC(c2ccccc2)(c2ccccc2)c2ccccc2)CN1C(=O)OC(C)(C)C)C(=O)NCCc1ccc(O)cc1. The zero-order valence-corrected chi connectivity index (χ0v) is 31.4. The molecule has 51 heavy (non-hydrogen) atoms. The summed E-state index contributed by atoms with van der Waals surface area (Å²) in [6.07, 6.45) is 1.90. The van der Waals surface area contributed by atoms with E-state index in [2.05, 4.69) is 97.3 Å². The number of hydrogen-bond donors (Lipinski definition) is 3. The second kappa shape index (κ2) is 17.3. The van der Waals surface area contributed by atoms with Gasteiger partial charge in [0, 0.05) is 30.9 Å². The molecule has 0 aliphatic carbocycles. The molecule has 1 aliphatic heterocycles. The highest BCUT2D eigenvalue weighted by Crippen LogP contribution is 2.52. The normalized spacial score (nSPS) is 17.5. The van der Waals surface area contributed by atoms with Crippen LogP contribution in [0.15, 0.2) is 115 Å². The van der Waals surface area contributed by atoms with Crippen LogP contribution in [0.1, 0.15) is 69.7 Å². The number of phenols is 1. The van der Waals surface area contributed by atoms with Gasteiger partial charge in [-0.3, -0.25) is 4.79 Å². The van der Waals surface area contributed by atoms with Crippen molar-refractivity contribution in [2.24, 2.45) is 5.92 Å². The summed E-state index contributed by atoms with van der Waals surface area (Å²) < 4.78 is 5.44. The van der Waals surface area contributed by atoms with Crippen LogP contribution in [-0.2, 0) is 20.7 Å². The van der Waals surface area contributed by atoms with Crippen molar-refractivity contribution >= 4 is 23.8 Å². The number of ether oxygens (including phenoxy) is 1. The van der Waals surface area contributed by atoms with Crippen LogP contribution in [0.5, 0.6) is 5.75 Å². The van der Waals surface area contributed by atoms with Crippen molar-refractivity contribution in [3.05, 3.63) is 138 Å². The highest BCUT2D eigenvalue weighted by molar-refractivity contribution is 8.01. The molecule has 0 saturated carbocycles. The summed E-state index contributed by atoms with van der Waals surface area (Å²) in [5.74, 6) is 0.261. The lowest BCUT2D eigenvalue weighted by molar-refractivity contribution is -0.124. The number of nitrogens with one attached hydrogen (secondary N) is 2. The zero-order valence-electron chi connectivity index (χ0n) is 30.5. The number of benzene rings is 4. The summed E-state index contributed by atoms with van der Waals surface area (Å²) in [5.41, 5.74) is 3.94. The van der Waals surface area contributed by atoms with Crippen molar-refractivity contribution in [3.8, 4) is 5.75 Å². The van der Waals surface area contributed by atoms with Gasteiger partial charge in [0.15, 0.2) is 0 Å². The summed E-state index contributed by atoms with van der Waals surface area (Å²) in [6.45, 7) is 11.3. The van der Waals surface area contributed by atoms with Gasteiger partial charge in [0.1, 0.15) is 11.4 Å². The molecule has 4 aromatic rings. The molecule has 5 rings (SSSR count). The van der Waals surface area contributed by atoms with Crippen LogP contribution in [0.25, 0.3) is 0 Å². The Bertz CT molecular complexity index is 1580. The van der Waals surface area contributed by atoms with Gasteiger partial charge in [-0.15, -0.1) is 11.8 Å². The second-order valence-electron chi connectivity index (χ2n) is 14.5. The number of nitrogens with zero attached hydrogens (tertiary/aromatic N) is 1. The Morgan fingerprint density at radius 3 is 1.88 bits per heavy atom. The number of aromatic hydroxyl groups is 1. The molecule has 0 bridgehead atoms. The van der Waals surface area contributed by atoms with Gasteiger partial charge in [-0.1, -0.05) is 123 Å². The van der Waals surface area contributed by atoms with Crippen molar-refractivity contribution < 1.29 is 19.4 Å². The molecule has 0 spiro atoms. The Balaban J connectivity index is 1.40. The first kappa shape index (κ1) is 38.0. The van der Waals surface area contributed by atoms with Crippen LogP contribution >= 0.6 is 11.8 Å². The molecule has 7 nitrogen and oxygen atoms in total. The summed E-state index contributed by atoms with van der Waals surface area (Å²) in [5, 5.41) is 16.4. The number of likely N-dealkylation sites (tertiary alicyclic amines) is 1. The van der Waals surface area contributed by atoms with Crippen LogP contribution in [-0.4, -0.2) is 64.6 Å². The van der Waals surface area contributed by atoms with E-state index in [4.69, 9.17) is 4.74 Å². The Morgan fingerprint density at radius 2 is 1.39 bits per heavy atom. The molecule has 1 saturated heterocycles.